The molecule has 0 aliphatic rings. The van der Waals surface area contributed by atoms with Crippen LogP contribution >= 0.6 is 11.8 Å². The summed E-state index contributed by atoms with van der Waals surface area (Å²) in [4.78, 5) is 3.39. The van der Waals surface area contributed by atoms with Crippen molar-refractivity contribution in [3.8, 4) is 6.07 Å². The molecule has 17 heavy (non-hydrogen) atoms. The van der Waals surface area contributed by atoms with Gasteiger partial charge in [-0.1, -0.05) is 19.1 Å². The smallest absolute Gasteiger partial charge is 0.0675 e. The topological polar surface area (TPSA) is 27.0 Å². The van der Waals surface area contributed by atoms with Gasteiger partial charge in [0.25, 0.3) is 0 Å². The number of hydrogen-bond donors (Lipinski definition) is 0. The normalized spacial score (nSPS) is 14.4. The molecule has 0 heterocycles. The highest BCUT2D eigenvalue weighted by Crippen LogP contribution is 2.29. The van der Waals surface area contributed by atoms with E-state index in [1.807, 2.05) is 14.1 Å². The first-order valence-electron chi connectivity index (χ1n) is 5.84. The van der Waals surface area contributed by atoms with Crippen LogP contribution in [-0.2, 0) is 0 Å². The maximum atomic E-state index is 9.23. The predicted molar refractivity (Wildman–Crippen MR) is 74.0 cm³/mol. The second-order valence-electron chi connectivity index (χ2n) is 4.33. The van der Waals surface area contributed by atoms with Crippen LogP contribution < -0.4 is 0 Å². The van der Waals surface area contributed by atoms with Gasteiger partial charge in [0.1, 0.15) is 0 Å². The Kier molecular flexibility index (Phi) is 5.54. The summed E-state index contributed by atoms with van der Waals surface area (Å²) in [6, 6.07) is 11.1. The summed E-state index contributed by atoms with van der Waals surface area (Å²) in [6.45, 7) is 2.07. The molecule has 0 amide bonds. The molecule has 1 aromatic rings. The van der Waals surface area contributed by atoms with Crippen molar-refractivity contribution < 1.29 is 0 Å². The molecule has 2 unspecified atom stereocenters. The Bertz CT molecular complexity index is 378. The first-order valence-corrected chi connectivity index (χ1v) is 7.06. The van der Waals surface area contributed by atoms with Crippen molar-refractivity contribution in [3.63, 3.8) is 0 Å². The number of rotatable bonds is 5. The second kappa shape index (κ2) is 6.68. The number of nitrogens with zero attached hydrogens (tertiary/aromatic N) is 2. The van der Waals surface area contributed by atoms with Crippen LogP contribution in [-0.4, -0.2) is 25.3 Å². The lowest BCUT2D eigenvalue weighted by Crippen LogP contribution is -2.26. The van der Waals surface area contributed by atoms with E-state index in [0.29, 0.717) is 0 Å². The third-order valence-corrected chi connectivity index (χ3v) is 3.74. The Labute approximate surface area is 109 Å². The average molecular weight is 248 g/mol. The molecule has 0 saturated carbocycles. The fraction of sp³-hybridized carbons (Fsp3) is 0.500. The molecule has 0 aliphatic carbocycles. The van der Waals surface area contributed by atoms with Crippen LogP contribution in [0.15, 0.2) is 29.2 Å². The van der Waals surface area contributed by atoms with Gasteiger partial charge < -0.3 is 4.90 Å². The molecule has 0 aliphatic heterocycles. The average Bonchev–Trinajstić information content (AvgIpc) is 2.35. The number of benzene rings is 1. The Morgan fingerprint density at radius 1 is 1.29 bits per heavy atom. The second-order valence-corrected chi connectivity index (χ2v) is 5.21. The molecule has 0 saturated heterocycles. The number of hydrogen-bond acceptors (Lipinski definition) is 3. The van der Waals surface area contributed by atoms with Gasteiger partial charge >= 0.3 is 0 Å². The van der Waals surface area contributed by atoms with Crippen LogP contribution in [0.3, 0.4) is 0 Å². The van der Waals surface area contributed by atoms with Crippen molar-refractivity contribution in [1.29, 1.82) is 5.26 Å². The highest BCUT2D eigenvalue weighted by molar-refractivity contribution is 7.98. The first kappa shape index (κ1) is 14.1. The zero-order valence-corrected chi connectivity index (χ0v) is 11.8. The molecular formula is C14H20N2S. The Balaban J connectivity index is 3.01. The predicted octanol–water partition coefficient (Wildman–Crippen LogP) is 3.56. The number of thioether (sulfide) groups is 1. The minimum Gasteiger partial charge on any atom is -0.301 e. The highest BCUT2D eigenvalue weighted by Gasteiger charge is 2.23. The fourth-order valence-corrected chi connectivity index (χ4v) is 2.48. The quantitative estimate of drug-likeness (QED) is 0.745. The van der Waals surface area contributed by atoms with Gasteiger partial charge in [-0.25, -0.2) is 0 Å². The van der Waals surface area contributed by atoms with Gasteiger partial charge in [0.15, 0.2) is 0 Å². The zero-order valence-electron chi connectivity index (χ0n) is 11.0. The molecule has 0 aromatic heterocycles. The molecule has 2 atom stereocenters. The largest absolute Gasteiger partial charge is 0.301 e. The summed E-state index contributed by atoms with van der Waals surface area (Å²) in [5, 5.41) is 9.23. The monoisotopic (exact) mass is 248 g/mol. The third-order valence-electron chi connectivity index (χ3n) is 3.00. The van der Waals surface area contributed by atoms with Crippen molar-refractivity contribution in [2.24, 2.45) is 5.92 Å². The van der Waals surface area contributed by atoms with E-state index in [4.69, 9.17) is 0 Å². The molecule has 0 fully saturated rings. The van der Waals surface area contributed by atoms with Gasteiger partial charge in [0.2, 0.25) is 0 Å². The van der Waals surface area contributed by atoms with E-state index in [-0.39, 0.29) is 12.0 Å². The van der Waals surface area contributed by atoms with E-state index in [1.165, 1.54) is 10.5 Å². The molecule has 1 rings (SSSR count). The van der Waals surface area contributed by atoms with Crippen LogP contribution in [0, 0.1) is 17.2 Å². The molecular weight excluding hydrogens is 228 g/mol. The lowest BCUT2D eigenvalue weighted by molar-refractivity contribution is 0.241. The van der Waals surface area contributed by atoms with Crippen molar-refractivity contribution in [2.45, 2.75) is 24.3 Å². The Morgan fingerprint density at radius 3 is 2.24 bits per heavy atom. The summed E-state index contributed by atoms with van der Waals surface area (Å²) in [5.74, 6) is 0.0464. The van der Waals surface area contributed by atoms with E-state index < -0.39 is 0 Å². The van der Waals surface area contributed by atoms with Crippen LogP contribution in [0.4, 0.5) is 0 Å². The van der Waals surface area contributed by atoms with Gasteiger partial charge in [0.05, 0.1) is 18.0 Å². The molecule has 0 radical (unpaired) electrons. The summed E-state index contributed by atoms with van der Waals surface area (Å²) in [5.41, 5.74) is 1.22. The molecule has 1 aromatic carbocycles. The summed E-state index contributed by atoms with van der Waals surface area (Å²) in [7, 11) is 4.07. The summed E-state index contributed by atoms with van der Waals surface area (Å²) in [6.07, 6.45) is 2.95. The summed E-state index contributed by atoms with van der Waals surface area (Å²) >= 11 is 1.74. The minimum atomic E-state index is 0.0464. The minimum absolute atomic E-state index is 0.0464. The van der Waals surface area contributed by atoms with Gasteiger partial charge in [-0.15, -0.1) is 11.8 Å². The van der Waals surface area contributed by atoms with E-state index in [2.05, 4.69) is 48.4 Å². The summed E-state index contributed by atoms with van der Waals surface area (Å²) < 4.78 is 0. The molecule has 0 spiro atoms. The molecule has 92 valence electrons. The lowest BCUT2D eigenvalue weighted by Gasteiger charge is -2.28. The van der Waals surface area contributed by atoms with Crippen molar-refractivity contribution in [3.05, 3.63) is 29.8 Å². The van der Waals surface area contributed by atoms with E-state index in [9.17, 15) is 5.26 Å². The van der Waals surface area contributed by atoms with Crippen LogP contribution in [0.2, 0.25) is 0 Å². The molecule has 0 N–H and O–H groups in total. The number of nitriles is 1. The van der Waals surface area contributed by atoms with Gasteiger partial charge in [0, 0.05) is 4.90 Å². The van der Waals surface area contributed by atoms with Crippen LogP contribution in [0.25, 0.3) is 0 Å². The van der Waals surface area contributed by atoms with Crippen molar-refractivity contribution in [2.75, 3.05) is 20.4 Å². The third kappa shape index (κ3) is 3.49. The van der Waals surface area contributed by atoms with Crippen molar-refractivity contribution in [1.82, 2.24) is 4.90 Å². The van der Waals surface area contributed by atoms with Gasteiger partial charge in [-0.05, 0) is 44.5 Å². The molecule has 0 bridgehead atoms. The maximum absolute atomic E-state index is 9.23. The van der Waals surface area contributed by atoms with Crippen LogP contribution in [0.1, 0.15) is 24.9 Å². The Hall–Kier alpha value is -0.980. The van der Waals surface area contributed by atoms with E-state index >= 15 is 0 Å². The van der Waals surface area contributed by atoms with Gasteiger partial charge in [-0.3, -0.25) is 0 Å². The molecule has 3 heteroatoms. The maximum Gasteiger partial charge on any atom is 0.0675 e. The SMILES string of the molecule is CCC(C#N)C(c1ccc(SC)cc1)N(C)C. The van der Waals surface area contributed by atoms with Crippen LogP contribution in [0.5, 0.6) is 0 Å². The first-order chi connectivity index (χ1) is 8.13. The molecule has 2 nitrogen and oxygen atoms in total. The highest BCUT2D eigenvalue weighted by atomic mass is 32.2. The van der Waals surface area contributed by atoms with E-state index in [1.54, 1.807) is 11.8 Å². The zero-order chi connectivity index (χ0) is 12.8. The van der Waals surface area contributed by atoms with Gasteiger partial charge in [-0.2, -0.15) is 5.26 Å². The van der Waals surface area contributed by atoms with E-state index in [0.717, 1.165) is 6.42 Å². The Morgan fingerprint density at radius 2 is 1.88 bits per heavy atom. The van der Waals surface area contributed by atoms with Crippen molar-refractivity contribution >= 4 is 11.8 Å². The fourth-order valence-electron chi connectivity index (χ4n) is 2.08. The standard InChI is InChI=1S/C14H20N2S/c1-5-11(10-15)14(16(2)3)12-6-8-13(17-4)9-7-12/h6-9,11,14H,5H2,1-4H3. The lowest BCUT2D eigenvalue weighted by atomic mass is 9.91.